The zero-order chi connectivity index (χ0) is 12.0. The van der Waals surface area contributed by atoms with E-state index in [2.05, 4.69) is 19.9 Å². The lowest BCUT2D eigenvalue weighted by atomic mass is 9.88. The Morgan fingerprint density at radius 2 is 2.06 bits per heavy atom. The second-order valence-corrected chi connectivity index (χ2v) is 5.36. The highest BCUT2D eigenvalue weighted by Gasteiger charge is 2.64. The van der Waals surface area contributed by atoms with Crippen LogP contribution in [-0.4, -0.2) is 7.11 Å². The summed E-state index contributed by atoms with van der Waals surface area (Å²) in [5.41, 5.74) is 0.471. The number of nitriles is 1. The predicted octanol–water partition coefficient (Wildman–Crippen LogP) is 3.54. The molecule has 1 fully saturated rings. The summed E-state index contributed by atoms with van der Waals surface area (Å²) < 4.78 is 5.31. The molecule has 0 saturated heterocycles. The molecule has 1 saturated carbocycles. The van der Waals surface area contributed by atoms with E-state index in [4.69, 9.17) is 16.3 Å². The van der Waals surface area contributed by atoms with Crippen molar-refractivity contribution in [3.8, 4) is 11.8 Å². The maximum Gasteiger partial charge on any atom is 0.123 e. The molecule has 1 atom stereocenters. The van der Waals surface area contributed by atoms with Crippen molar-refractivity contribution >= 4 is 11.6 Å². The lowest BCUT2D eigenvalue weighted by Crippen LogP contribution is -2.13. The van der Waals surface area contributed by atoms with Gasteiger partial charge in [-0.15, -0.1) is 0 Å². The summed E-state index contributed by atoms with van der Waals surface area (Å²) in [5, 5.41) is 10.1. The number of rotatable bonds is 2. The van der Waals surface area contributed by atoms with Crippen LogP contribution in [0, 0.1) is 16.7 Å². The molecule has 16 heavy (non-hydrogen) atoms. The highest BCUT2D eigenvalue weighted by molar-refractivity contribution is 6.30. The van der Waals surface area contributed by atoms with E-state index in [-0.39, 0.29) is 5.41 Å². The Morgan fingerprint density at radius 3 is 2.50 bits per heavy atom. The molecule has 0 aromatic heterocycles. The first kappa shape index (κ1) is 11.3. The van der Waals surface area contributed by atoms with Gasteiger partial charge in [0.1, 0.15) is 5.75 Å². The Balaban J connectivity index is 2.57. The second-order valence-electron chi connectivity index (χ2n) is 4.92. The number of nitrogens with zero attached hydrogens (tertiary/aromatic N) is 1. The third-order valence-corrected chi connectivity index (χ3v) is 3.78. The lowest BCUT2D eigenvalue weighted by Gasteiger charge is -2.16. The number of hydrogen-bond donors (Lipinski definition) is 0. The average Bonchev–Trinajstić information content (AvgIpc) is 2.82. The third-order valence-electron chi connectivity index (χ3n) is 3.55. The van der Waals surface area contributed by atoms with Crippen LogP contribution in [0.15, 0.2) is 18.2 Å². The Labute approximate surface area is 101 Å². The van der Waals surface area contributed by atoms with Gasteiger partial charge < -0.3 is 4.74 Å². The van der Waals surface area contributed by atoms with Crippen LogP contribution in [0.4, 0.5) is 0 Å². The molecule has 0 aliphatic heterocycles. The normalized spacial score (nSPS) is 25.9. The molecular formula is C13H14ClNO. The molecule has 0 radical (unpaired) electrons. The van der Waals surface area contributed by atoms with E-state index in [1.54, 1.807) is 13.2 Å². The molecule has 0 bridgehead atoms. The Hall–Kier alpha value is -1.20. The van der Waals surface area contributed by atoms with Crippen LogP contribution in [-0.2, 0) is 5.41 Å². The predicted molar refractivity (Wildman–Crippen MR) is 63.7 cm³/mol. The van der Waals surface area contributed by atoms with Gasteiger partial charge in [-0.1, -0.05) is 25.4 Å². The molecule has 0 spiro atoms. The van der Waals surface area contributed by atoms with Gasteiger partial charge in [-0.3, -0.25) is 0 Å². The van der Waals surface area contributed by atoms with Gasteiger partial charge in [-0.25, -0.2) is 0 Å². The Morgan fingerprint density at radius 1 is 1.44 bits per heavy atom. The van der Waals surface area contributed by atoms with E-state index < -0.39 is 5.41 Å². The minimum Gasteiger partial charge on any atom is -0.496 e. The smallest absolute Gasteiger partial charge is 0.123 e. The maximum absolute atomic E-state index is 9.41. The first-order chi connectivity index (χ1) is 7.47. The van der Waals surface area contributed by atoms with Crippen molar-refractivity contribution in [3.05, 3.63) is 28.8 Å². The summed E-state index contributed by atoms with van der Waals surface area (Å²) >= 11 is 5.99. The van der Waals surface area contributed by atoms with Crippen molar-refractivity contribution in [1.29, 1.82) is 5.26 Å². The molecule has 0 amide bonds. The summed E-state index contributed by atoms with van der Waals surface area (Å²) in [7, 11) is 1.62. The van der Waals surface area contributed by atoms with Gasteiger partial charge in [0.05, 0.1) is 18.6 Å². The van der Waals surface area contributed by atoms with Crippen LogP contribution >= 0.6 is 11.6 Å². The monoisotopic (exact) mass is 235 g/mol. The van der Waals surface area contributed by atoms with Gasteiger partial charge in [0, 0.05) is 10.6 Å². The molecule has 1 aliphatic carbocycles. The van der Waals surface area contributed by atoms with Crippen LogP contribution in [0.25, 0.3) is 0 Å². The van der Waals surface area contributed by atoms with Gasteiger partial charge in [-0.2, -0.15) is 5.26 Å². The van der Waals surface area contributed by atoms with Crippen LogP contribution in [0.5, 0.6) is 5.75 Å². The minimum absolute atomic E-state index is 0.000285. The minimum atomic E-state index is -0.441. The van der Waals surface area contributed by atoms with Crippen LogP contribution in [0.1, 0.15) is 25.8 Å². The van der Waals surface area contributed by atoms with Crippen molar-refractivity contribution in [3.63, 3.8) is 0 Å². The number of halogens is 1. The standard InChI is InChI=1S/C13H14ClNO/c1-12(2)7-13(12,8-15)10-6-9(14)4-5-11(10)16-3/h4-6H,7H2,1-3H3. The highest BCUT2D eigenvalue weighted by atomic mass is 35.5. The van der Waals surface area contributed by atoms with Gasteiger partial charge >= 0.3 is 0 Å². The number of methoxy groups -OCH3 is 1. The van der Waals surface area contributed by atoms with Gasteiger partial charge in [0.15, 0.2) is 0 Å². The number of hydrogen-bond acceptors (Lipinski definition) is 2. The van der Waals surface area contributed by atoms with Crippen molar-refractivity contribution in [2.45, 2.75) is 25.7 Å². The Kier molecular flexibility index (Phi) is 2.40. The van der Waals surface area contributed by atoms with Gasteiger partial charge in [-0.05, 0) is 30.0 Å². The van der Waals surface area contributed by atoms with Crippen molar-refractivity contribution in [2.75, 3.05) is 7.11 Å². The first-order valence-corrected chi connectivity index (χ1v) is 5.60. The topological polar surface area (TPSA) is 33.0 Å². The van der Waals surface area contributed by atoms with E-state index >= 15 is 0 Å². The molecule has 3 heteroatoms. The number of benzene rings is 1. The summed E-state index contributed by atoms with van der Waals surface area (Å²) in [5.74, 6) is 0.747. The summed E-state index contributed by atoms with van der Waals surface area (Å²) in [4.78, 5) is 0. The molecule has 0 heterocycles. The molecule has 84 valence electrons. The first-order valence-electron chi connectivity index (χ1n) is 5.22. The summed E-state index contributed by atoms with van der Waals surface area (Å²) in [6.07, 6.45) is 0.854. The van der Waals surface area contributed by atoms with E-state index in [1.807, 2.05) is 12.1 Å². The summed E-state index contributed by atoms with van der Waals surface area (Å²) in [6, 6.07) is 7.87. The molecule has 2 nitrogen and oxygen atoms in total. The number of ether oxygens (including phenoxy) is 1. The van der Waals surface area contributed by atoms with E-state index in [0.717, 1.165) is 17.7 Å². The van der Waals surface area contributed by atoms with Crippen LogP contribution in [0.2, 0.25) is 5.02 Å². The fourth-order valence-electron chi connectivity index (χ4n) is 2.34. The van der Waals surface area contributed by atoms with E-state index in [9.17, 15) is 5.26 Å². The molecule has 1 aromatic rings. The van der Waals surface area contributed by atoms with Crippen LogP contribution in [0.3, 0.4) is 0 Å². The third kappa shape index (κ3) is 1.39. The fraction of sp³-hybridized carbons (Fsp3) is 0.462. The van der Waals surface area contributed by atoms with Crippen molar-refractivity contribution in [1.82, 2.24) is 0 Å². The molecule has 1 aliphatic rings. The second kappa shape index (κ2) is 3.40. The van der Waals surface area contributed by atoms with Gasteiger partial charge in [0.2, 0.25) is 0 Å². The molecule has 1 aromatic carbocycles. The largest absolute Gasteiger partial charge is 0.496 e. The van der Waals surface area contributed by atoms with Crippen LogP contribution < -0.4 is 4.74 Å². The van der Waals surface area contributed by atoms with E-state index in [1.165, 1.54) is 0 Å². The molecular weight excluding hydrogens is 222 g/mol. The summed E-state index contributed by atoms with van der Waals surface area (Å²) in [6.45, 7) is 4.19. The Bertz CT molecular complexity index is 475. The van der Waals surface area contributed by atoms with Crippen molar-refractivity contribution < 1.29 is 4.74 Å². The van der Waals surface area contributed by atoms with E-state index in [0.29, 0.717) is 5.02 Å². The molecule has 2 rings (SSSR count). The SMILES string of the molecule is COc1ccc(Cl)cc1C1(C#N)CC1(C)C. The lowest BCUT2D eigenvalue weighted by molar-refractivity contribution is 0.403. The average molecular weight is 236 g/mol. The maximum atomic E-state index is 9.41. The van der Waals surface area contributed by atoms with Crippen molar-refractivity contribution in [2.24, 2.45) is 5.41 Å². The molecule has 1 unspecified atom stereocenters. The van der Waals surface area contributed by atoms with Gasteiger partial charge in [0.25, 0.3) is 0 Å². The molecule has 0 N–H and O–H groups in total. The fourth-order valence-corrected chi connectivity index (χ4v) is 2.52. The highest BCUT2D eigenvalue weighted by Crippen LogP contribution is 2.65. The zero-order valence-corrected chi connectivity index (χ0v) is 10.4. The zero-order valence-electron chi connectivity index (χ0n) is 9.67. The quantitative estimate of drug-likeness (QED) is 0.786.